The molecule has 8 heteroatoms. The molecule has 0 fully saturated rings. The van der Waals surface area contributed by atoms with Gasteiger partial charge in [-0.2, -0.15) is 15.3 Å². The van der Waals surface area contributed by atoms with Crippen LogP contribution in [-0.4, -0.2) is 31.7 Å². The zero-order chi connectivity index (χ0) is 20.2. The third-order valence-electron chi connectivity index (χ3n) is 4.36. The van der Waals surface area contributed by atoms with Crippen molar-refractivity contribution in [3.05, 3.63) is 94.2 Å². The SMILES string of the molecule is Cn1cc(/C=N/NC(=O)c2nn(Cc3ccccc3)c(=O)c3ccccc23)cn1. The summed E-state index contributed by atoms with van der Waals surface area (Å²) in [4.78, 5) is 25.6. The molecule has 1 N–H and O–H groups in total. The molecule has 0 bridgehead atoms. The molecule has 2 aromatic heterocycles. The minimum atomic E-state index is -0.497. The lowest BCUT2D eigenvalue weighted by atomic mass is 10.1. The van der Waals surface area contributed by atoms with E-state index in [1.54, 1.807) is 48.4 Å². The lowest BCUT2D eigenvalue weighted by molar-refractivity contribution is 0.0949. The summed E-state index contributed by atoms with van der Waals surface area (Å²) in [5, 5.41) is 13.2. The van der Waals surface area contributed by atoms with E-state index in [4.69, 9.17) is 0 Å². The number of amides is 1. The van der Waals surface area contributed by atoms with Gasteiger partial charge in [-0.15, -0.1) is 0 Å². The number of carbonyl (C=O) groups is 1. The number of hydrogen-bond acceptors (Lipinski definition) is 5. The van der Waals surface area contributed by atoms with Crippen LogP contribution in [0.2, 0.25) is 0 Å². The molecule has 0 spiro atoms. The van der Waals surface area contributed by atoms with Gasteiger partial charge in [0.05, 0.1) is 24.3 Å². The normalized spacial score (nSPS) is 11.2. The van der Waals surface area contributed by atoms with Gasteiger partial charge in [0.2, 0.25) is 0 Å². The van der Waals surface area contributed by atoms with Gasteiger partial charge in [-0.1, -0.05) is 48.5 Å². The van der Waals surface area contributed by atoms with Crippen LogP contribution in [0.1, 0.15) is 21.6 Å². The van der Waals surface area contributed by atoms with Crippen LogP contribution in [0.3, 0.4) is 0 Å². The molecule has 0 aliphatic carbocycles. The summed E-state index contributed by atoms with van der Waals surface area (Å²) in [6, 6.07) is 16.4. The quantitative estimate of drug-likeness (QED) is 0.419. The summed E-state index contributed by atoms with van der Waals surface area (Å²) >= 11 is 0. The van der Waals surface area contributed by atoms with Gasteiger partial charge in [0.25, 0.3) is 11.5 Å². The zero-order valence-corrected chi connectivity index (χ0v) is 15.7. The average Bonchev–Trinajstić information content (AvgIpc) is 3.16. The molecule has 0 saturated carbocycles. The number of fused-ring (bicyclic) bond motifs is 1. The number of nitrogens with zero attached hydrogens (tertiary/aromatic N) is 5. The third kappa shape index (κ3) is 3.96. The Morgan fingerprint density at radius 1 is 1.10 bits per heavy atom. The van der Waals surface area contributed by atoms with Gasteiger partial charge in [-0.3, -0.25) is 14.3 Å². The fraction of sp³-hybridized carbons (Fsp3) is 0.0952. The fourth-order valence-corrected chi connectivity index (χ4v) is 2.99. The fourth-order valence-electron chi connectivity index (χ4n) is 2.99. The number of nitrogens with one attached hydrogen (secondary N) is 1. The monoisotopic (exact) mass is 386 g/mol. The van der Waals surface area contributed by atoms with Crippen molar-refractivity contribution in [1.29, 1.82) is 0 Å². The van der Waals surface area contributed by atoms with E-state index in [0.29, 0.717) is 10.8 Å². The third-order valence-corrected chi connectivity index (χ3v) is 4.36. The van der Waals surface area contributed by atoms with Crippen LogP contribution in [0.15, 0.2) is 76.9 Å². The van der Waals surface area contributed by atoms with E-state index in [0.717, 1.165) is 11.1 Å². The Morgan fingerprint density at radius 3 is 2.55 bits per heavy atom. The van der Waals surface area contributed by atoms with Crippen LogP contribution in [0, 0.1) is 0 Å². The molecule has 0 aliphatic rings. The molecule has 0 unspecified atom stereocenters. The first kappa shape index (κ1) is 18.3. The van der Waals surface area contributed by atoms with Crippen molar-refractivity contribution in [2.45, 2.75) is 6.54 Å². The van der Waals surface area contributed by atoms with E-state index in [1.807, 2.05) is 30.3 Å². The number of rotatable bonds is 5. The van der Waals surface area contributed by atoms with E-state index < -0.39 is 5.91 Å². The van der Waals surface area contributed by atoms with E-state index in [-0.39, 0.29) is 17.8 Å². The topological polar surface area (TPSA) is 94.2 Å². The van der Waals surface area contributed by atoms with Gasteiger partial charge in [-0.05, 0) is 11.6 Å². The molecule has 4 aromatic rings. The highest BCUT2D eigenvalue weighted by Crippen LogP contribution is 2.14. The number of aromatic nitrogens is 4. The van der Waals surface area contributed by atoms with Crippen LogP contribution in [0.25, 0.3) is 10.8 Å². The van der Waals surface area contributed by atoms with Crippen molar-refractivity contribution in [2.75, 3.05) is 0 Å². The number of carbonyl (C=O) groups excluding carboxylic acids is 1. The average molecular weight is 386 g/mol. The molecular weight excluding hydrogens is 368 g/mol. The highest BCUT2D eigenvalue weighted by Gasteiger charge is 2.16. The minimum Gasteiger partial charge on any atom is -0.275 e. The summed E-state index contributed by atoms with van der Waals surface area (Å²) in [5.74, 6) is -0.497. The highest BCUT2D eigenvalue weighted by atomic mass is 16.2. The van der Waals surface area contributed by atoms with E-state index in [2.05, 4.69) is 20.7 Å². The molecule has 1 amide bonds. The molecule has 4 rings (SSSR count). The van der Waals surface area contributed by atoms with Crippen LogP contribution in [0.5, 0.6) is 0 Å². The Kier molecular flexibility index (Phi) is 4.98. The minimum absolute atomic E-state index is 0.138. The molecule has 0 saturated heterocycles. The maximum atomic E-state index is 12.8. The first-order chi connectivity index (χ1) is 14.1. The molecule has 2 aromatic carbocycles. The zero-order valence-electron chi connectivity index (χ0n) is 15.7. The van der Waals surface area contributed by atoms with Crippen LogP contribution in [-0.2, 0) is 13.6 Å². The van der Waals surface area contributed by atoms with Gasteiger partial charge >= 0.3 is 0 Å². The molecule has 0 radical (unpaired) electrons. The van der Waals surface area contributed by atoms with Crippen molar-refractivity contribution in [3.63, 3.8) is 0 Å². The van der Waals surface area contributed by atoms with Crippen molar-refractivity contribution < 1.29 is 4.79 Å². The number of hydrazone groups is 1. The van der Waals surface area contributed by atoms with E-state index in [1.165, 1.54) is 10.9 Å². The van der Waals surface area contributed by atoms with Crippen molar-refractivity contribution in [2.24, 2.45) is 12.1 Å². The van der Waals surface area contributed by atoms with Crippen molar-refractivity contribution in [3.8, 4) is 0 Å². The Labute approximate surface area is 166 Å². The maximum Gasteiger partial charge on any atom is 0.292 e. The second-order valence-corrected chi connectivity index (χ2v) is 6.49. The van der Waals surface area contributed by atoms with Gasteiger partial charge < -0.3 is 0 Å². The van der Waals surface area contributed by atoms with Gasteiger partial charge in [0, 0.05) is 24.2 Å². The van der Waals surface area contributed by atoms with Crippen molar-refractivity contribution in [1.82, 2.24) is 25.0 Å². The van der Waals surface area contributed by atoms with Crippen LogP contribution in [0.4, 0.5) is 0 Å². The predicted molar refractivity (Wildman–Crippen MR) is 110 cm³/mol. The summed E-state index contributed by atoms with van der Waals surface area (Å²) < 4.78 is 2.94. The molecule has 2 heterocycles. The first-order valence-electron chi connectivity index (χ1n) is 8.97. The van der Waals surface area contributed by atoms with Gasteiger partial charge in [0.1, 0.15) is 0 Å². The Balaban J connectivity index is 1.68. The Hall–Kier alpha value is -4.07. The number of benzene rings is 2. The smallest absolute Gasteiger partial charge is 0.275 e. The number of aryl methyl sites for hydroxylation is 1. The Bertz CT molecular complexity index is 1260. The van der Waals surface area contributed by atoms with Crippen LogP contribution < -0.4 is 11.0 Å². The highest BCUT2D eigenvalue weighted by molar-refractivity contribution is 6.04. The summed E-state index contributed by atoms with van der Waals surface area (Å²) in [7, 11) is 1.79. The van der Waals surface area contributed by atoms with Gasteiger partial charge in [0.15, 0.2) is 5.69 Å². The summed E-state index contributed by atoms with van der Waals surface area (Å²) in [5.41, 5.74) is 4.03. The molecule has 8 nitrogen and oxygen atoms in total. The summed E-state index contributed by atoms with van der Waals surface area (Å²) in [6.45, 7) is 0.268. The molecule has 144 valence electrons. The predicted octanol–water partition coefficient (Wildman–Crippen LogP) is 1.94. The van der Waals surface area contributed by atoms with Gasteiger partial charge in [-0.25, -0.2) is 10.1 Å². The van der Waals surface area contributed by atoms with E-state index in [9.17, 15) is 9.59 Å². The maximum absolute atomic E-state index is 12.8. The second kappa shape index (κ2) is 7.89. The summed E-state index contributed by atoms with van der Waals surface area (Å²) in [6.07, 6.45) is 4.89. The lowest BCUT2D eigenvalue weighted by Gasteiger charge is -2.10. The molecule has 0 atom stereocenters. The second-order valence-electron chi connectivity index (χ2n) is 6.49. The van der Waals surface area contributed by atoms with Crippen molar-refractivity contribution >= 4 is 22.9 Å². The number of hydrogen-bond donors (Lipinski definition) is 1. The first-order valence-corrected chi connectivity index (χ1v) is 8.97. The lowest BCUT2D eigenvalue weighted by Crippen LogP contribution is -2.29. The van der Waals surface area contributed by atoms with E-state index >= 15 is 0 Å². The van der Waals surface area contributed by atoms with Crippen LogP contribution >= 0.6 is 0 Å². The molecular formula is C21H18N6O2. The standard InChI is InChI=1S/C21H18N6O2/c1-26-13-16(12-23-26)11-22-24-20(28)19-17-9-5-6-10-18(17)21(29)27(25-19)14-15-7-3-2-4-8-15/h2-13H,14H2,1H3,(H,24,28)/b22-11+. The largest absolute Gasteiger partial charge is 0.292 e. The molecule has 0 aliphatic heterocycles. The Morgan fingerprint density at radius 2 is 1.83 bits per heavy atom. The molecule has 29 heavy (non-hydrogen) atoms.